The number of hydrogen-bond acceptors (Lipinski definition) is 3. The summed E-state index contributed by atoms with van der Waals surface area (Å²) in [5.41, 5.74) is 0.00714. The summed E-state index contributed by atoms with van der Waals surface area (Å²) in [6.45, 7) is 1.18. The van der Waals surface area contributed by atoms with Crippen molar-refractivity contribution in [2.45, 2.75) is 19.0 Å². The number of anilines is 2. The lowest BCUT2D eigenvalue weighted by atomic mass is 9.95. The molecule has 1 fully saturated rings. The lowest BCUT2D eigenvalue weighted by molar-refractivity contribution is -0.137. The Hall–Kier alpha value is -2.57. The summed E-state index contributed by atoms with van der Waals surface area (Å²) < 4.78 is 37.7. The summed E-state index contributed by atoms with van der Waals surface area (Å²) in [5.74, 6) is 0.382. The Morgan fingerprint density at radius 2 is 1.76 bits per heavy atom. The molecule has 4 nitrogen and oxygen atoms in total. The van der Waals surface area contributed by atoms with E-state index in [0.29, 0.717) is 31.7 Å². The Bertz CT molecular complexity index is 709. The van der Waals surface area contributed by atoms with Gasteiger partial charge in [0, 0.05) is 30.9 Å². The van der Waals surface area contributed by atoms with Gasteiger partial charge in [-0.05, 0) is 37.1 Å². The van der Waals surface area contributed by atoms with E-state index in [-0.39, 0.29) is 11.8 Å². The number of pyridine rings is 1. The molecule has 132 valence electrons. The number of nitrogens with zero attached hydrogens (tertiary/aromatic N) is 2. The molecular weight excluding hydrogens is 331 g/mol. The number of carbonyl (C=O) groups excluding carboxylic acids is 1. The second-order valence-corrected chi connectivity index (χ2v) is 6.02. The molecule has 3 rings (SSSR count). The van der Waals surface area contributed by atoms with Crippen LogP contribution < -0.4 is 10.2 Å². The molecule has 0 saturated carbocycles. The highest BCUT2D eigenvalue weighted by Crippen LogP contribution is 2.30. The van der Waals surface area contributed by atoms with E-state index < -0.39 is 11.7 Å². The summed E-state index contributed by atoms with van der Waals surface area (Å²) >= 11 is 0. The van der Waals surface area contributed by atoms with Crippen molar-refractivity contribution < 1.29 is 18.0 Å². The first kappa shape index (κ1) is 17.3. The number of amides is 1. The second-order valence-electron chi connectivity index (χ2n) is 6.02. The Kier molecular flexibility index (Phi) is 4.92. The third kappa shape index (κ3) is 4.29. The minimum Gasteiger partial charge on any atom is -0.357 e. The smallest absolute Gasteiger partial charge is 0.357 e. The summed E-state index contributed by atoms with van der Waals surface area (Å²) in [5, 5.41) is 2.89. The van der Waals surface area contributed by atoms with E-state index in [4.69, 9.17) is 0 Å². The quantitative estimate of drug-likeness (QED) is 0.912. The molecular formula is C18H18F3N3O. The van der Waals surface area contributed by atoms with Crippen LogP contribution in [0.2, 0.25) is 0 Å². The average Bonchev–Trinajstić information content (AvgIpc) is 2.62. The third-order valence-corrected chi connectivity index (χ3v) is 4.31. The van der Waals surface area contributed by atoms with E-state index in [1.807, 2.05) is 35.2 Å². The maximum absolute atomic E-state index is 12.6. The highest BCUT2D eigenvalue weighted by atomic mass is 19.4. The van der Waals surface area contributed by atoms with Gasteiger partial charge in [0.25, 0.3) is 0 Å². The third-order valence-electron chi connectivity index (χ3n) is 4.31. The monoisotopic (exact) mass is 349 g/mol. The number of benzene rings is 1. The van der Waals surface area contributed by atoms with Crippen molar-refractivity contribution in [3.63, 3.8) is 0 Å². The molecule has 1 aromatic heterocycles. The number of alkyl halides is 3. The lowest BCUT2D eigenvalue weighted by Crippen LogP contribution is -2.38. The van der Waals surface area contributed by atoms with E-state index in [2.05, 4.69) is 10.3 Å². The minimum absolute atomic E-state index is 0.0220. The number of aromatic nitrogens is 1. The predicted molar refractivity (Wildman–Crippen MR) is 89.2 cm³/mol. The number of nitrogens with one attached hydrogen (secondary N) is 1. The normalized spacial score (nSPS) is 15.9. The Labute approximate surface area is 143 Å². The number of hydrogen-bond donors (Lipinski definition) is 1. The summed E-state index contributed by atoms with van der Waals surface area (Å²) in [4.78, 5) is 18.1. The Morgan fingerprint density at radius 1 is 1.08 bits per heavy atom. The molecule has 25 heavy (non-hydrogen) atoms. The van der Waals surface area contributed by atoms with Gasteiger partial charge in [-0.2, -0.15) is 13.2 Å². The van der Waals surface area contributed by atoms with Crippen molar-refractivity contribution in [1.82, 2.24) is 4.98 Å². The van der Waals surface area contributed by atoms with Crippen molar-refractivity contribution in [1.29, 1.82) is 0 Å². The molecule has 0 bridgehead atoms. The molecule has 1 N–H and O–H groups in total. The van der Waals surface area contributed by atoms with Gasteiger partial charge in [0.2, 0.25) is 5.91 Å². The van der Waals surface area contributed by atoms with E-state index >= 15 is 0 Å². The number of para-hydroxylation sites is 1. The zero-order valence-electron chi connectivity index (χ0n) is 13.5. The zero-order valence-corrected chi connectivity index (χ0v) is 13.5. The van der Waals surface area contributed by atoms with E-state index in [1.165, 1.54) is 6.07 Å². The van der Waals surface area contributed by atoms with E-state index in [1.54, 1.807) is 0 Å². The second kappa shape index (κ2) is 7.13. The molecule has 0 atom stereocenters. The van der Waals surface area contributed by atoms with Crippen LogP contribution in [0.25, 0.3) is 0 Å². The van der Waals surface area contributed by atoms with Gasteiger partial charge >= 0.3 is 6.18 Å². The molecule has 2 aromatic rings. The fraction of sp³-hybridized carbons (Fsp3) is 0.333. The lowest BCUT2D eigenvalue weighted by Gasteiger charge is -2.32. The fourth-order valence-electron chi connectivity index (χ4n) is 2.88. The van der Waals surface area contributed by atoms with E-state index in [0.717, 1.165) is 18.0 Å². The van der Waals surface area contributed by atoms with Crippen LogP contribution in [0, 0.1) is 5.92 Å². The molecule has 1 aliphatic rings. The van der Waals surface area contributed by atoms with E-state index in [9.17, 15) is 18.0 Å². The Morgan fingerprint density at radius 3 is 2.32 bits per heavy atom. The van der Waals surface area contributed by atoms with Crippen LogP contribution in [-0.4, -0.2) is 24.0 Å². The highest BCUT2D eigenvalue weighted by molar-refractivity contribution is 5.92. The topological polar surface area (TPSA) is 45.2 Å². The number of piperidine rings is 1. The molecule has 0 aliphatic carbocycles. The first-order valence-corrected chi connectivity index (χ1v) is 8.07. The number of carbonyl (C=O) groups is 1. The summed E-state index contributed by atoms with van der Waals surface area (Å²) in [6.07, 6.45) is -2.25. The van der Waals surface area contributed by atoms with Crippen molar-refractivity contribution in [2.24, 2.45) is 5.92 Å². The van der Waals surface area contributed by atoms with Gasteiger partial charge < -0.3 is 10.2 Å². The van der Waals surface area contributed by atoms with Crippen LogP contribution in [-0.2, 0) is 11.0 Å². The molecule has 0 spiro atoms. The molecule has 1 saturated heterocycles. The molecule has 1 aromatic carbocycles. The van der Waals surface area contributed by atoms with Crippen LogP contribution >= 0.6 is 0 Å². The highest BCUT2D eigenvalue weighted by Gasteiger charge is 2.31. The van der Waals surface area contributed by atoms with Crippen LogP contribution in [0.15, 0.2) is 48.7 Å². The predicted octanol–water partition coefficient (Wildman–Crippen LogP) is 3.96. The molecule has 1 aliphatic heterocycles. The zero-order chi connectivity index (χ0) is 17.9. The largest absolute Gasteiger partial charge is 0.417 e. The number of rotatable bonds is 3. The molecule has 2 heterocycles. The van der Waals surface area contributed by atoms with Gasteiger partial charge in [-0.1, -0.05) is 18.2 Å². The van der Waals surface area contributed by atoms with Gasteiger partial charge in [0.15, 0.2) is 0 Å². The van der Waals surface area contributed by atoms with Crippen LogP contribution in [0.5, 0.6) is 0 Å². The van der Waals surface area contributed by atoms with Gasteiger partial charge in [0.1, 0.15) is 5.82 Å². The van der Waals surface area contributed by atoms with Crippen LogP contribution in [0.3, 0.4) is 0 Å². The average molecular weight is 349 g/mol. The Balaban J connectivity index is 1.55. The van der Waals surface area contributed by atoms with Crippen molar-refractivity contribution in [2.75, 3.05) is 23.3 Å². The van der Waals surface area contributed by atoms with Crippen molar-refractivity contribution >= 4 is 17.4 Å². The fourth-order valence-corrected chi connectivity index (χ4v) is 2.88. The molecule has 7 heteroatoms. The molecule has 0 unspecified atom stereocenters. The molecule has 0 radical (unpaired) electrons. The first-order valence-electron chi connectivity index (χ1n) is 8.07. The van der Waals surface area contributed by atoms with Crippen molar-refractivity contribution in [3.05, 3.63) is 54.2 Å². The van der Waals surface area contributed by atoms with Gasteiger partial charge in [0.05, 0.1) is 5.56 Å². The maximum atomic E-state index is 12.6. The van der Waals surface area contributed by atoms with Crippen LogP contribution in [0.1, 0.15) is 18.4 Å². The van der Waals surface area contributed by atoms with Gasteiger partial charge in [-0.25, -0.2) is 4.98 Å². The minimum atomic E-state index is -4.38. The summed E-state index contributed by atoms with van der Waals surface area (Å²) in [7, 11) is 0. The number of halogens is 3. The molecule has 1 amide bonds. The van der Waals surface area contributed by atoms with Gasteiger partial charge in [-0.3, -0.25) is 4.79 Å². The maximum Gasteiger partial charge on any atom is 0.417 e. The van der Waals surface area contributed by atoms with Crippen LogP contribution in [0.4, 0.5) is 24.7 Å². The first-order chi connectivity index (χ1) is 11.9. The SMILES string of the molecule is O=C(Nc1ccccc1)C1CCN(c2ccc(C(F)(F)F)cn2)CC1. The van der Waals surface area contributed by atoms with Crippen molar-refractivity contribution in [3.8, 4) is 0 Å². The standard InChI is InChI=1S/C18H18F3N3O/c19-18(20,21)14-6-7-16(22-12-14)24-10-8-13(9-11-24)17(25)23-15-4-2-1-3-5-15/h1-7,12-13H,8-11H2,(H,23,25). The summed E-state index contributed by atoms with van der Waals surface area (Å²) in [6, 6.07) is 11.7. The van der Waals surface area contributed by atoms with Gasteiger partial charge in [-0.15, -0.1) is 0 Å².